The van der Waals surface area contributed by atoms with Gasteiger partial charge in [0.1, 0.15) is 0 Å². The van der Waals surface area contributed by atoms with Gasteiger partial charge in [0.25, 0.3) is 0 Å². The van der Waals surface area contributed by atoms with Crippen LogP contribution in [0.4, 0.5) is 0 Å². The molecule has 52 valence electrons. The Kier molecular flexibility index (Phi) is 15.7. The molecule has 0 aromatic heterocycles. The first-order chi connectivity index (χ1) is 4.22. The molecule has 0 aliphatic heterocycles. The van der Waals surface area contributed by atoms with E-state index in [2.05, 4.69) is 4.74 Å². The van der Waals surface area contributed by atoms with Gasteiger partial charge in [-0.05, 0) is 0 Å². The van der Waals surface area contributed by atoms with Gasteiger partial charge in [-0.1, -0.05) is 0 Å². The van der Waals surface area contributed by atoms with Gasteiger partial charge in [-0.25, -0.2) is 0 Å². The van der Waals surface area contributed by atoms with Crippen molar-refractivity contribution in [3.63, 3.8) is 0 Å². The summed E-state index contributed by atoms with van der Waals surface area (Å²) in [6.07, 6.45) is 0. The zero-order valence-electron chi connectivity index (χ0n) is 5.06. The fraction of sp³-hybridized carbons (Fsp3) is 0.667. The van der Waals surface area contributed by atoms with E-state index in [0.717, 1.165) is 0 Å². The van der Waals surface area contributed by atoms with Gasteiger partial charge in [0, 0.05) is 0 Å². The summed E-state index contributed by atoms with van der Waals surface area (Å²) in [4.78, 5) is 9.83. The Morgan fingerprint density at radius 3 is 2.11 bits per heavy atom. The zero-order chi connectivity index (χ0) is 7.70. The number of carbonyl (C=O) groups excluding carboxylic acids is 1. The molecule has 0 radical (unpaired) electrons. The molecule has 0 aromatic rings. The van der Waals surface area contributed by atoms with Crippen LogP contribution in [0.2, 0.25) is 0 Å². The van der Waals surface area contributed by atoms with Crippen LogP contribution in [-0.2, 0) is 24.7 Å². The number of esters is 1. The number of hydrogen-bond donors (Lipinski definition) is 1. The molecule has 0 heterocycles. The second-order valence-corrected chi connectivity index (χ2v) is 5.50. The van der Waals surface area contributed by atoms with Crippen LogP contribution in [0.1, 0.15) is 0 Å². The average molecular weight is 225 g/mol. The summed E-state index contributed by atoms with van der Waals surface area (Å²) in [6, 6.07) is 0. The molecular weight excluding hydrogens is 218 g/mol. The summed E-state index contributed by atoms with van der Waals surface area (Å²) in [6.45, 7) is -0.0312. The number of nitrogens with two attached hydrogens (primary N) is 1. The quantitative estimate of drug-likeness (QED) is 0.522. The third kappa shape index (κ3) is 17.7. The third-order valence-electron chi connectivity index (χ3n) is 0.394. The molecular formula is C3H7Cl2NO2Zn. The van der Waals surface area contributed by atoms with Crippen LogP contribution in [0, 0.1) is 0 Å². The van der Waals surface area contributed by atoms with E-state index < -0.39 is 15.1 Å². The van der Waals surface area contributed by atoms with Gasteiger partial charge in [0.15, 0.2) is 0 Å². The van der Waals surface area contributed by atoms with Crippen LogP contribution in [0.25, 0.3) is 0 Å². The minimum absolute atomic E-state index is 0.0312. The van der Waals surface area contributed by atoms with E-state index in [4.69, 9.17) is 25.1 Å². The van der Waals surface area contributed by atoms with Gasteiger partial charge in [0.05, 0.1) is 13.7 Å². The van der Waals surface area contributed by atoms with Crippen LogP contribution in [0.5, 0.6) is 0 Å². The fourth-order valence-corrected chi connectivity index (χ4v) is 0.0833. The fourth-order valence-electron chi connectivity index (χ4n) is 0.0833. The van der Waals surface area contributed by atoms with Gasteiger partial charge < -0.3 is 10.5 Å². The molecule has 6 heteroatoms. The van der Waals surface area contributed by atoms with Crippen LogP contribution in [-0.4, -0.2) is 19.6 Å². The maximum absolute atomic E-state index is 9.83. The summed E-state index contributed by atoms with van der Waals surface area (Å²) < 4.78 is 4.14. The monoisotopic (exact) mass is 223 g/mol. The molecule has 0 bridgehead atoms. The topological polar surface area (TPSA) is 52.3 Å². The number of halogens is 2. The van der Waals surface area contributed by atoms with Gasteiger partial charge in [-0.15, -0.1) is 0 Å². The molecule has 3 nitrogen and oxygen atoms in total. The summed E-state index contributed by atoms with van der Waals surface area (Å²) in [5.41, 5.74) is 4.81. The number of methoxy groups -OCH3 is 1. The van der Waals surface area contributed by atoms with Crippen LogP contribution >= 0.6 is 19.4 Å². The van der Waals surface area contributed by atoms with E-state index in [0.29, 0.717) is 0 Å². The second kappa shape index (κ2) is 11.4. The van der Waals surface area contributed by atoms with Crippen molar-refractivity contribution in [1.29, 1.82) is 0 Å². The molecule has 9 heavy (non-hydrogen) atoms. The van der Waals surface area contributed by atoms with Gasteiger partial charge >= 0.3 is 40.5 Å². The third-order valence-corrected chi connectivity index (χ3v) is 0.394. The molecule has 0 aromatic carbocycles. The van der Waals surface area contributed by atoms with E-state index in [1.807, 2.05) is 0 Å². The van der Waals surface area contributed by atoms with Gasteiger partial charge in [-0.3, -0.25) is 4.79 Å². The SMILES string of the molecule is COC(=O)CN.[Cl][Zn][Cl]. The first-order valence-corrected chi connectivity index (χ1v) is 9.91. The Hall–Kier alpha value is 0.633. The molecule has 0 aliphatic carbocycles. The number of rotatable bonds is 1. The first-order valence-electron chi connectivity index (χ1n) is 2.11. The molecule has 0 saturated carbocycles. The second-order valence-electron chi connectivity index (χ2n) is 0.881. The van der Waals surface area contributed by atoms with E-state index in [1.54, 1.807) is 0 Å². The van der Waals surface area contributed by atoms with E-state index >= 15 is 0 Å². The van der Waals surface area contributed by atoms with E-state index in [9.17, 15) is 4.79 Å². The number of hydrogen-bond acceptors (Lipinski definition) is 3. The summed E-state index contributed by atoms with van der Waals surface area (Å²) in [5.74, 6) is -0.380. The Balaban J connectivity index is 0. The first kappa shape index (κ1) is 12.3. The van der Waals surface area contributed by atoms with Crippen molar-refractivity contribution in [2.45, 2.75) is 0 Å². The minimum atomic E-state index is -0.931. The standard InChI is InChI=1S/C3H7NO2.2ClH.Zn/c1-6-3(5)2-4;;;/h2,4H2,1H3;2*1H;/q;;;+2/p-2. The average Bonchev–Trinajstić information content (AvgIpc) is 1.88. The van der Waals surface area contributed by atoms with Crippen molar-refractivity contribution < 1.29 is 24.7 Å². The maximum atomic E-state index is 9.83. The predicted molar refractivity (Wildman–Crippen MR) is 32.8 cm³/mol. The van der Waals surface area contributed by atoms with Crippen LogP contribution in [0.3, 0.4) is 0 Å². The van der Waals surface area contributed by atoms with Gasteiger partial charge in [-0.2, -0.15) is 0 Å². The van der Waals surface area contributed by atoms with E-state index in [1.165, 1.54) is 7.11 Å². The van der Waals surface area contributed by atoms with Crippen molar-refractivity contribution in [2.75, 3.05) is 13.7 Å². The molecule has 0 saturated heterocycles. The molecule has 0 spiro atoms. The van der Waals surface area contributed by atoms with Crippen molar-refractivity contribution >= 4 is 25.4 Å². The molecule has 0 unspecified atom stereocenters. The van der Waals surface area contributed by atoms with Crippen molar-refractivity contribution in [3.8, 4) is 0 Å². The van der Waals surface area contributed by atoms with Crippen molar-refractivity contribution in [2.24, 2.45) is 5.73 Å². The number of ether oxygens (including phenoxy) is 1. The van der Waals surface area contributed by atoms with Gasteiger partial charge in [0.2, 0.25) is 0 Å². The molecule has 0 aliphatic rings. The number of carbonyl (C=O) groups is 1. The van der Waals surface area contributed by atoms with E-state index in [-0.39, 0.29) is 12.5 Å². The van der Waals surface area contributed by atoms with Crippen LogP contribution < -0.4 is 5.73 Å². The summed E-state index contributed by atoms with van der Waals surface area (Å²) >= 11 is -0.931. The Bertz CT molecular complexity index is 66.8. The zero-order valence-corrected chi connectivity index (χ0v) is 9.54. The summed E-state index contributed by atoms with van der Waals surface area (Å²) in [7, 11) is 11.2. The Labute approximate surface area is 69.5 Å². The predicted octanol–water partition coefficient (Wildman–Crippen LogP) is 0.495. The van der Waals surface area contributed by atoms with Crippen LogP contribution in [0.15, 0.2) is 0 Å². The Morgan fingerprint density at radius 2 is 2.11 bits per heavy atom. The normalized spacial score (nSPS) is 6.22. The Morgan fingerprint density at radius 1 is 1.78 bits per heavy atom. The van der Waals surface area contributed by atoms with Crippen molar-refractivity contribution in [3.05, 3.63) is 0 Å². The molecule has 2 N–H and O–H groups in total. The molecule has 0 rings (SSSR count). The molecule has 0 fully saturated rings. The van der Waals surface area contributed by atoms with Crippen molar-refractivity contribution in [1.82, 2.24) is 0 Å². The summed E-state index contributed by atoms with van der Waals surface area (Å²) in [5, 5.41) is 0. The molecule has 0 amide bonds. The molecule has 0 atom stereocenters.